The molecular formula is C9H9F3N2O. The summed E-state index contributed by atoms with van der Waals surface area (Å²) in [6.07, 6.45) is -2.25. The summed E-state index contributed by atoms with van der Waals surface area (Å²) in [5, 5.41) is 0. The van der Waals surface area contributed by atoms with E-state index in [1.807, 2.05) is 0 Å². The van der Waals surface area contributed by atoms with Crippen molar-refractivity contribution in [1.29, 1.82) is 0 Å². The summed E-state index contributed by atoms with van der Waals surface area (Å²) in [4.78, 5) is 3.83. The van der Waals surface area contributed by atoms with Crippen LogP contribution in [0.3, 0.4) is 0 Å². The summed E-state index contributed by atoms with van der Waals surface area (Å²) in [7, 11) is 0. The van der Waals surface area contributed by atoms with Crippen LogP contribution >= 0.6 is 0 Å². The average Bonchev–Trinajstić information content (AvgIpc) is 2.40. The number of ether oxygens (including phenoxy) is 1. The van der Waals surface area contributed by atoms with Gasteiger partial charge < -0.3 is 4.74 Å². The Balaban J connectivity index is 3.21. The monoisotopic (exact) mass is 218 g/mol. The molecule has 1 aromatic heterocycles. The zero-order valence-electron chi connectivity index (χ0n) is 8.01. The minimum absolute atomic E-state index is 0.127. The Bertz CT molecular complexity index is 393. The molecule has 0 atom stereocenters. The fraction of sp³-hybridized carbons (Fsp3) is 0.222. The third-order valence-corrected chi connectivity index (χ3v) is 1.63. The number of imidazole rings is 1. The number of aromatic nitrogens is 2. The van der Waals surface area contributed by atoms with E-state index in [-0.39, 0.29) is 11.5 Å². The molecule has 0 saturated carbocycles. The van der Waals surface area contributed by atoms with Gasteiger partial charge in [0.25, 0.3) is 0 Å². The maximum Gasteiger partial charge on any atom is 0.574 e. The van der Waals surface area contributed by atoms with E-state index in [4.69, 9.17) is 0 Å². The van der Waals surface area contributed by atoms with Crippen molar-refractivity contribution in [1.82, 2.24) is 9.55 Å². The maximum absolute atomic E-state index is 12.0. The first-order valence-corrected chi connectivity index (χ1v) is 3.98. The molecule has 3 nitrogen and oxygen atoms in total. The Kier molecular flexibility index (Phi) is 2.88. The van der Waals surface area contributed by atoms with E-state index in [0.29, 0.717) is 0 Å². The smallest absolute Gasteiger partial charge is 0.387 e. The van der Waals surface area contributed by atoms with Crippen molar-refractivity contribution >= 4 is 12.3 Å². The van der Waals surface area contributed by atoms with Crippen LogP contribution in [0.2, 0.25) is 0 Å². The van der Waals surface area contributed by atoms with E-state index in [1.165, 1.54) is 19.2 Å². The highest BCUT2D eigenvalue weighted by atomic mass is 19.4. The van der Waals surface area contributed by atoms with Crippen molar-refractivity contribution in [3.63, 3.8) is 0 Å². The van der Waals surface area contributed by atoms with Crippen LogP contribution in [0.15, 0.2) is 13.2 Å². The van der Waals surface area contributed by atoms with Gasteiger partial charge in [0.15, 0.2) is 0 Å². The van der Waals surface area contributed by atoms with Crippen LogP contribution in [0.5, 0.6) is 5.88 Å². The molecule has 0 aliphatic carbocycles. The molecule has 0 radical (unpaired) electrons. The first-order valence-electron chi connectivity index (χ1n) is 3.98. The average molecular weight is 218 g/mol. The van der Waals surface area contributed by atoms with Gasteiger partial charge in [-0.15, -0.1) is 13.2 Å². The van der Waals surface area contributed by atoms with Gasteiger partial charge >= 0.3 is 6.36 Å². The van der Waals surface area contributed by atoms with Gasteiger partial charge in [-0.25, -0.2) is 4.98 Å². The van der Waals surface area contributed by atoms with Crippen LogP contribution in [0.25, 0.3) is 12.3 Å². The number of hydrogen-bond acceptors (Lipinski definition) is 2. The molecule has 1 aromatic rings. The summed E-state index contributed by atoms with van der Waals surface area (Å²) >= 11 is 0. The highest BCUT2D eigenvalue weighted by Gasteiger charge is 2.34. The summed E-state index contributed by atoms with van der Waals surface area (Å²) in [6, 6.07) is 0. The second kappa shape index (κ2) is 3.80. The number of nitrogens with zero attached hydrogens (tertiary/aromatic N) is 2. The molecule has 1 rings (SSSR count). The van der Waals surface area contributed by atoms with Crippen molar-refractivity contribution < 1.29 is 17.9 Å². The second-order valence-electron chi connectivity index (χ2n) is 2.67. The number of rotatable bonds is 3. The summed E-state index contributed by atoms with van der Waals surface area (Å²) in [6.45, 7) is 8.20. The molecule has 0 amide bonds. The fourth-order valence-corrected chi connectivity index (χ4v) is 1.10. The third-order valence-electron chi connectivity index (χ3n) is 1.63. The van der Waals surface area contributed by atoms with Gasteiger partial charge in [0.2, 0.25) is 5.88 Å². The SMILES string of the molecule is C=Cc1nc(C)c(OC(F)(F)F)n1C=C. The number of aryl methyl sites for hydroxylation is 1. The van der Waals surface area contributed by atoms with Crippen LogP contribution in [0.4, 0.5) is 13.2 Å². The molecule has 15 heavy (non-hydrogen) atoms. The van der Waals surface area contributed by atoms with E-state index >= 15 is 0 Å². The lowest BCUT2D eigenvalue weighted by molar-refractivity contribution is -0.276. The largest absolute Gasteiger partial charge is 0.574 e. The van der Waals surface area contributed by atoms with Crippen molar-refractivity contribution in [3.05, 3.63) is 24.7 Å². The molecule has 0 fully saturated rings. The third kappa shape index (κ3) is 2.39. The van der Waals surface area contributed by atoms with Crippen LogP contribution in [-0.2, 0) is 0 Å². The van der Waals surface area contributed by atoms with Crippen molar-refractivity contribution in [2.75, 3.05) is 0 Å². The lowest BCUT2D eigenvalue weighted by Crippen LogP contribution is -2.19. The van der Waals surface area contributed by atoms with E-state index < -0.39 is 12.2 Å². The molecule has 0 aliphatic rings. The van der Waals surface area contributed by atoms with Gasteiger partial charge in [0.05, 0.1) is 0 Å². The molecule has 0 aromatic carbocycles. The minimum Gasteiger partial charge on any atom is -0.387 e. The molecule has 0 bridgehead atoms. The number of hydrogen-bond donors (Lipinski definition) is 0. The summed E-state index contributed by atoms with van der Waals surface area (Å²) in [5.41, 5.74) is 0.127. The first-order chi connectivity index (χ1) is 6.89. The van der Waals surface area contributed by atoms with E-state index in [2.05, 4.69) is 22.9 Å². The molecule has 1 heterocycles. The fourth-order valence-electron chi connectivity index (χ4n) is 1.10. The molecule has 6 heteroatoms. The van der Waals surface area contributed by atoms with E-state index in [1.54, 1.807) is 0 Å². The highest BCUT2D eigenvalue weighted by Crippen LogP contribution is 2.27. The van der Waals surface area contributed by atoms with Gasteiger partial charge in [-0.05, 0) is 13.0 Å². The first kappa shape index (κ1) is 11.4. The predicted octanol–water partition coefficient (Wildman–Crippen LogP) is 2.83. The zero-order valence-corrected chi connectivity index (χ0v) is 8.01. The van der Waals surface area contributed by atoms with Crippen LogP contribution in [0, 0.1) is 6.92 Å². The van der Waals surface area contributed by atoms with Gasteiger partial charge in [-0.2, -0.15) is 0 Å². The maximum atomic E-state index is 12.0. The topological polar surface area (TPSA) is 27.1 Å². The summed E-state index contributed by atoms with van der Waals surface area (Å²) < 4.78 is 41.0. The highest BCUT2D eigenvalue weighted by molar-refractivity contribution is 5.47. The number of alkyl halides is 3. The molecule has 82 valence electrons. The quantitative estimate of drug-likeness (QED) is 0.779. The van der Waals surface area contributed by atoms with Crippen molar-refractivity contribution in [2.24, 2.45) is 0 Å². The Morgan fingerprint density at radius 2 is 2.00 bits per heavy atom. The van der Waals surface area contributed by atoms with Gasteiger partial charge in [-0.3, -0.25) is 4.57 Å². The molecule has 0 spiro atoms. The predicted molar refractivity (Wildman–Crippen MR) is 50.1 cm³/mol. The van der Waals surface area contributed by atoms with Gasteiger partial charge in [0.1, 0.15) is 11.5 Å². The zero-order chi connectivity index (χ0) is 11.6. The van der Waals surface area contributed by atoms with Crippen LogP contribution in [-0.4, -0.2) is 15.9 Å². The Hall–Kier alpha value is -1.72. The second-order valence-corrected chi connectivity index (χ2v) is 2.67. The lowest BCUT2D eigenvalue weighted by Gasteiger charge is -2.10. The normalized spacial score (nSPS) is 11.2. The minimum atomic E-state index is -4.75. The van der Waals surface area contributed by atoms with E-state index in [9.17, 15) is 13.2 Å². The standard InChI is InChI=1S/C9H9F3N2O/c1-4-7-13-6(3)8(14(7)5-2)15-9(10,11)12/h4-5H,1-2H2,3H3. The van der Waals surface area contributed by atoms with Crippen molar-refractivity contribution in [3.8, 4) is 5.88 Å². The van der Waals surface area contributed by atoms with Crippen molar-refractivity contribution in [2.45, 2.75) is 13.3 Å². The van der Waals surface area contributed by atoms with E-state index in [0.717, 1.165) is 4.57 Å². The molecule has 0 unspecified atom stereocenters. The molecular weight excluding hydrogens is 209 g/mol. The van der Waals surface area contributed by atoms with Crippen LogP contribution in [0.1, 0.15) is 11.5 Å². The Morgan fingerprint density at radius 3 is 2.40 bits per heavy atom. The summed E-state index contributed by atoms with van der Waals surface area (Å²) in [5.74, 6) is -0.144. The van der Waals surface area contributed by atoms with Gasteiger partial charge in [0, 0.05) is 6.20 Å². The molecule has 0 N–H and O–H groups in total. The Morgan fingerprint density at radius 1 is 1.40 bits per heavy atom. The molecule has 0 saturated heterocycles. The Labute approximate surface area is 84.5 Å². The molecule has 0 aliphatic heterocycles. The lowest BCUT2D eigenvalue weighted by atomic mass is 10.5. The van der Waals surface area contributed by atoms with Gasteiger partial charge in [-0.1, -0.05) is 13.2 Å². The number of halogens is 3. The van der Waals surface area contributed by atoms with Crippen LogP contribution < -0.4 is 4.74 Å².